The second kappa shape index (κ2) is 8.98. The van der Waals surface area contributed by atoms with Gasteiger partial charge in [0.25, 0.3) is 0 Å². The van der Waals surface area contributed by atoms with E-state index in [-0.39, 0.29) is 17.7 Å². The number of anilines is 1. The first-order chi connectivity index (χ1) is 11.1. The molecule has 0 atom stereocenters. The first-order valence-corrected chi connectivity index (χ1v) is 9.16. The summed E-state index contributed by atoms with van der Waals surface area (Å²) in [6.45, 7) is 4.86. The van der Waals surface area contributed by atoms with Crippen molar-refractivity contribution in [1.82, 2.24) is 15.2 Å². The number of carbonyl (C=O) groups excluding carboxylic acids is 2. The van der Waals surface area contributed by atoms with Gasteiger partial charge in [0.05, 0.1) is 6.54 Å². The van der Waals surface area contributed by atoms with Crippen molar-refractivity contribution < 1.29 is 9.59 Å². The van der Waals surface area contributed by atoms with Crippen molar-refractivity contribution in [3.8, 4) is 0 Å². The maximum atomic E-state index is 12.3. The predicted molar refractivity (Wildman–Crippen MR) is 92.6 cm³/mol. The Bertz CT molecular complexity index is 498. The molecule has 128 valence electrons. The third-order valence-corrected chi connectivity index (χ3v) is 5.08. The van der Waals surface area contributed by atoms with E-state index in [9.17, 15) is 9.59 Å². The summed E-state index contributed by atoms with van der Waals surface area (Å²) in [6, 6.07) is 0. The number of nitrogens with one attached hydrogen (secondary N) is 1. The third kappa shape index (κ3) is 5.28. The lowest BCUT2D eigenvalue weighted by atomic mass is 9.96. The van der Waals surface area contributed by atoms with Crippen LogP contribution in [0.1, 0.15) is 32.6 Å². The number of unbranched alkanes of at least 4 members (excludes halogenated alkanes) is 1. The van der Waals surface area contributed by atoms with Crippen LogP contribution in [0.4, 0.5) is 5.13 Å². The van der Waals surface area contributed by atoms with Gasteiger partial charge in [-0.25, -0.2) is 4.98 Å². The number of piperidine rings is 1. The lowest BCUT2D eigenvalue weighted by Crippen LogP contribution is -2.45. The van der Waals surface area contributed by atoms with Gasteiger partial charge in [-0.2, -0.15) is 0 Å². The highest BCUT2D eigenvalue weighted by Crippen LogP contribution is 2.19. The molecule has 1 aliphatic heterocycles. The number of amides is 2. The van der Waals surface area contributed by atoms with Crippen molar-refractivity contribution in [1.29, 1.82) is 0 Å². The molecule has 2 heterocycles. The fourth-order valence-corrected chi connectivity index (χ4v) is 3.30. The molecule has 7 heteroatoms. The monoisotopic (exact) mass is 338 g/mol. The summed E-state index contributed by atoms with van der Waals surface area (Å²) >= 11 is 1.46. The van der Waals surface area contributed by atoms with E-state index in [1.807, 2.05) is 5.38 Å². The Morgan fingerprint density at radius 2 is 2.17 bits per heavy atom. The maximum absolute atomic E-state index is 12.3. The van der Waals surface area contributed by atoms with E-state index >= 15 is 0 Å². The molecule has 0 radical (unpaired) electrons. The Labute approximate surface area is 141 Å². The van der Waals surface area contributed by atoms with Crippen LogP contribution in [-0.4, -0.2) is 54.9 Å². The average molecular weight is 338 g/mol. The number of carbonyl (C=O) groups is 2. The van der Waals surface area contributed by atoms with Crippen LogP contribution in [0.25, 0.3) is 0 Å². The van der Waals surface area contributed by atoms with Crippen LogP contribution in [0.3, 0.4) is 0 Å². The predicted octanol–water partition coefficient (Wildman–Crippen LogP) is 1.73. The Kier molecular flexibility index (Phi) is 6.98. The summed E-state index contributed by atoms with van der Waals surface area (Å²) in [5.74, 6) is 0.310. The lowest BCUT2D eigenvalue weighted by Gasteiger charge is -2.31. The number of hydrogen-bond acceptors (Lipinski definition) is 5. The minimum Gasteiger partial charge on any atom is -0.356 e. The molecule has 1 aliphatic rings. The molecule has 1 N–H and O–H groups in total. The van der Waals surface area contributed by atoms with Crippen molar-refractivity contribution in [2.75, 3.05) is 38.1 Å². The fraction of sp³-hybridized carbons (Fsp3) is 0.688. The van der Waals surface area contributed by atoms with Gasteiger partial charge in [-0.15, -0.1) is 11.3 Å². The summed E-state index contributed by atoms with van der Waals surface area (Å²) in [5.41, 5.74) is 0. The van der Waals surface area contributed by atoms with E-state index in [1.165, 1.54) is 11.3 Å². The summed E-state index contributed by atoms with van der Waals surface area (Å²) < 4.78 is 0. The normalized spacial score (nSPS) is 16.3. The number of nitrogens with zero attached hydrogens (tertiary/aromatic N) is 3. The maximum Gasteiger partial charge on any atom is 0.242 e. The zero-order valence-corrected chi connectivity index (χ0v) is 14.8. The topological polar surface area (TPSA) is 65.5 Å². The van der Waals surface area contributed by atoms with Crippen LogP contribution in [0.15, 0.2) is 11.6 Å². The van der Waals surface area contributed by atoms with Crippen molar-refractivity contribution >= 4 is 28.3 Å². The van der Waals surface area contributed by atoms with Crippen LogP contribution in [-0.2, 0) is 9.59 Å². The Morgan fingerprint density at radius 3 is 2.78 bits per heavy atom. The van der Waals surface area contributed by atoms with Crippen molar-refractivity contribution in [3.05, 3.63) is 11.6 Å². The second-order valence-corrected chi connectivity index (χ2v) is 6.84. The molecule has 2 amide bonds. The number of thiazole rings is 1. The summed E-state index contributed by atoms with van der Waals surface area (Å²) in [4.78, 5) is 32.2. The van der Waals surface area contributed by atoms with Gasteiger partial charge < -0.3 is 5.32 Å². The largest absolute Gasteiger partial charge is 0.356 e. The summed E-state index contributed by atoms with van der Waals surface area (Å²) in [7, 11) is 1.76. The minimum atomic E-state index is 0.0470. The molecular formula is C16H26N4O2S. The molecule has 1 fully saturated rings. The standard InChI is InChI=1S/C16H26N4O2S/c1-3-4-7-17-15(22)13-5-9-20(10-6-13)12-14(21)19(2)16-18-8-11-23-16/h8,11,13H,3-7,9-10,12H2,1-2H3,(H,17,22). The van der Waals surface area contributed by atoms with E-state index in [4.69, 9.17) is 0 Å². The molecule has 0 aromatic carbocycles. The molecule has 2 rings (SSSR count). The first kappa shape index (κ1) is 17.9. The van der Waals surface area contributed by atoms with Crippen molar-refractivity contribution in [2.45, 2.75) is 32.6 Å². The molecule has 0 spiro atoms. The molecule has 0 aliphatic carbocycles. The number of aromatic nitrogens is 1. The molecule has 23 heavy (non-hydrogen) atoms. The molecule has 1 aromatic heterocycles. The fourth-order valence-electron chi connectivity index (χ4n) is 2.67. The van der Waals surface area contributed by atoms with Gasteiger partial charge in [0.15, 0.2) is 5.13 Å². The molecule has 6 nitrogen and oxygen atoms in total. The molecule has 1 aromatic rings. The van der Waals surface area contributed by atoms with E-state index in [0.29, 0.717) is 6.54 Å². The molecule has 0 unspecified atom stereocenters. The van der Waals surface area contributed by atoms with Crippen molar-refractivity contribution in [2.24, 2.45) is 5.92 Å². The third-order valence-electron chi connectivity index (χ3n) is 4.23. The Hall–Kier alpha value is -1.47. The minimum absolute atomic E-state index is 0.0470. The van der Waals surface area contributed by atoms with Gasteiger partial charge in [0.2, 0.25) is 11.8 Å². The number of hydrogen-bond donors (Lipinski definition) is 1. The first-order valence-electron chi connectivity index (χ1n) is 8.28. The number of rotatable bonds is 7. The number of likely N-dealkylation sites (N-methyl/N-ethyl adjacent to an activating group) is 1. The zero-order chi connectivity index (χ0) is 16.7. The van der Waals surface area contributed by atoms with Crippen LogP contribution in [0, 0.1) is 5.92 Å². The van der Waals surface area contributed by atoms with Crippen LogP contribution < -0.4 is 10.2 Å². The quantitative estimate of drug-likeness (QED) is 0.769. The molecular weight excluding hydrogens is 312 g/mol. The molecule has 0 saturated carbocycles. The van der Waals surface area contributed by atoms with E-state index < -0.39 is 0 Å². The second-order valence-electron chi connectivity index (χ2n) is 5.96. The van der Waals surface area contributed by atoms with Crippen LogP contribution >= 0.6 is 11.3 Å². The van der Waals surface area contributed by atoms with Crippen molar-refractivity contribution in [3.63, 3.8) is 0 Å². The highest BCUT2D eigenvalue weighted by Gasteiger charge is 2.26. The van der Waals surface area contributed by atoms with E-state index in [1.54, 1.807) is 18.1 Å². The summed E-state index contributed by atoms with van der Waals surface area (Å²) in [5, 5.41) is 5.59. The lowest BCUT2D eigenvalue weighted by molar-refractivity contribution is -0.126. The highest BCUT2D eigenvalue weighted by molar-refractivity contribution is 7.13. The smallest absolute Gasteiger partial charge is 0.242 e. The zero-order valence-electron chi connectivity index (χ0n) is 14.0. The average Bonchev–Trinajstić information content (AvgIpc) is 3.09. The highest BCUT2D eigenvalue weighted by atomic mass is 32.1. The van der Waals surface area contributed by atoms with E-state index in [2.05, 4.69) is 22.1 Å². The summed E-state index contributed by atoms with van der Waals surface area (Å²) in [6.07, 6.45) is 5.47. The van der Waals surface area contributed by atoms with Crippen LogP contribution in [0.5, 0.6) is 0 Å². The van der Waals surface area contributed by atoms with Gasteiger partial charge in [-0.1, -0.05) is 13.3 Å². The number of likely N-dealkylation sites (tertiary alicyclic amines) is 1. The van der Waals surface area contributed by atoms with Crippen LogP contribution in [0.2, 0.25) is 0 Å². The van der Waals surface area contributed by atoms with Gasteiger partial charge in [-0.05, 0) is 32.4 Å². The Morgan fingerprint density at radius 1 is 1.43 bits per heavy atom. The van der Waals surface area contributed by atoms with E-state index in [0.717, 1.165) is 50.4 Å². The van der Waals surface area contributed by atoms with Gasteiger partial charge in [0.1, 0.15) is 0 Å². The Balaban J connectivity index is 1.72. The molecule has 1 saturated heterocycles. The van der Waals surface area contributed by atoms with Gasteiger partial charge in [0, 0.05) is 31.1 Å². The molecule has 0 bridgehead atoms. The van der Waals surface area contributed by atoms with Gasteiger partial charge in [-0.3, -0.25) is 19.4 Å². The van der Waals surface area contributed by atoms with Gasteiger partial charge >= 0.3 is 0 Å². The SMILES string of the molecule is CCCCNC(=O)C1CCN(CC(=O)N(C)c2nccs2)CC1.